The number of nitrogens with zero attached hydrogens (tertiary/aromatic N) is 4. The molecule has 7 heteroatoms. The van der Waals surface area contributed by atoms with Crippen molar-refractivity contribution in [3.8, 4) is 0 Å². The lowest BCUT2D eigenvalue weighted by Gasteiger charge is -2.12. The Kier molecular flexibility index (Phi) is 6.35. The Balaban J connectivity index is 1.54. The number of pyridine rings is 1. The van der Waals surface area contributed by atoms with Crippen molar-refractivity contribution in [1.29, 1.82) is 0 Å². The van der Waals surface area contributed by atoms with Gasteiger partial charge in [0.15, 0.2) is 11.6 Å². The molecule has 0 aliphatic carbocycles. The normalized spacial score (nSPS) is 11.7. The highest BCUT2D eigenvalue weighted by Gasteiger charge is 2.05. The largest absolute Gasteiger partial charge is 0.357 e. The first-order valence-corrected chi connectivity index (χ1v) is 9.23. The molecule has 0 unspecified atom stereocenters. The average molecular weight is 368 g/mol. The maximum absolute atomic E-state index is 13.2. The van der Waals surface area contributed by atoms with Gasteiger partial charge >= 0.3 is 0 Å². The average Bonchev–Trinajstić information content (AvgIpc) is 3.07. The van der Waals surface area contributed by atoms with E-state index in [4.69, 9.17) is 0 Å². The molecule has 3 aromatic rings. The van der Waals surface area contributed by atoms with Crippen LogP contribution in [0.25, 0.3) is 5.65 Å². The van der Waals surface area contributed by atoms with Crippen molar-refractivity contribution in [3.05, 3.63) is 65.4 Å². The van der Waals surface area contributed by atoms with Crippen molar-refractivity contribution < 1.29 is 4.39 Å². The summed E-state index contributed by atoms with van der Waals surface area (Å²) in [5.41, 5.74) is 2.95. The maximum Gasteiger partial charge on any atom is 0.191 e. The van der Waals surface area contributed by atoms with Gasteiger partial charge in [0, 0.05) is 32.3 Å². The molecule has 0 atom stereocenters. The Morgan fingerprint density at radius 3 is 2.85 bits per heavy atom. The van der Waals surface area contributed by atoms with Crippen LogP contribution in [0.1, 0.15) is 23.9 Å². The molecule has 0 saturated heterocycles. The fourth-order valence-corrected chi connectivity index (χ4v) is 2.93. The zero-order valence-electron chi connectivity index (χ0n) is 15.7. The van der Waals surface area contributed by atoms with E-state index in [0.717, 1.165) is 48.1 Å². The maximum atomic E-state index is 13.2. The van der Waals surface area contributed by atoms with E-state index in [9.17, 15) is 4.39 Å². The predicted octanol–water partition coefficient (Wildman–Crippen LogP) is 2.52. The summed E-state index contributed by atoms with van der Waals surface area (Å²) in [5.74, 6) is 1.47. The van der Waals surface area contributed by atoms with E-state index in [1.54, 1.807) is 6.07 Å². The van der Waals surface area contributed by atoms with Gasteiger partial charge in [0.2, 0.25) is 0 Å². The van der Waals surface area contributed by atoms with Gasteiger partial charge in [-0.15, -0.1) is 10.2 Å². The van der Waals surface area contributed by atoms with Crippen LogP contribution < -0.4 is 10.6 Å². The Morgan fingerprint density at radius 1 is 1.15 bits per heavy atom. The number of halogens is 1. The van der Waals surface area contributed by atoms with Gasteiger partial charge < -0.3 is 10.6 Å². The van der Waals surface area contributed by atoms with Gasteiger partial charge in [-0.2, -0.15) is 0 Å². The zero-order valence-corrected chi connectivity index (χ0v) is 15.7. The summed E-state index contributed by atoms with van der Waals surface area (Å²) in [6, 6.07) is 10.8. The van der Waals surface area contributed by atoms with Crippen molar-refractivity contribution in [2.75, 3.05) is 19.6 Å². The third-order valence-corrected chi connectivity index (χ3v) is 4.33. The molecule has 0 spiro atoms. The van der Waals surface area contributed by atoms with Gasteiger partial charge in [-0.1, -0.05) is 12.1 Å². The number of aryl methyl sites for hydroxylation is 1. The molecule has 0 radical (unpaired) electrons. The molecule has 142 valence electrons. The summed E-state index contributed by atoms with van der Waals surface area (Å²) < 4.78 is 15.2. The fourth-order valence-electron chi connectivity index (χ4n) is 2.93. The van der Waals surface area contributed by atoms with Crippen LogP contribution in [0.4, 0.5) is 4.39 Å². The topological polar surface area (TPSA) is 66.6 Å². The van der Waals surface area contributed by atoms with Gasteiger partial charge in [-0.25, -0.2) is 4.39 Å². The fraction of sp³-hybridized carbons (Fsp3) is 0.350. The van der Waals surface area contributed by atoms with Gasteiger partial charge in [0.05, 0.1) is 0 Å². The van der Waals surface area contributed by atoms with Crippen molar-refractivity contribution in [2.45, 2.75) is 26.7 Å². The van der Waals surface area contributed by atoms with Crippen molar-refractivity contribution in [3.63, 3.8) is 0 Å². The zero-order chi connectivity index (χ0) is 19.1. The molecule has 0 fully saturated rings. The Hall–Kier alpha value is -2.96. The second-order valence-corrected chi connectivity index (χ2v) is 6.30. The molecular weight excluding hydrogens is 343 g/mol. The summed E-state index contributed by atoms with van der Waals surface area (Å²) in [6.45, 7) is 6.09. The van der Waals surface area contributed by atoms with Crippen LogP contribution in [0.2, 0.25) is 0 Å². The first-order chi connectivity index (χ1) is 13.2. The summed E-state index contributed by atoms with van der Waals surface area (Å²) in [6.07, 6.45) is 3.48. The molecule has 0 amide bonds. The number of nitrogens with one attached hydrogen (secondary N) is 2. The molecule has 2 heterocycles. The number of aromatic nitrogens is 3. The van der Waals surface area contributed by atoms with Gasteiger partial charge in [0.1, 0.15) is 11.6 Å². The lowest BCUT2D eigenvalue weighted by atomic mass is 10.1. The highest BCUT2D eigenvalue weighted by atomic mass is 19.1. The molecule has 2 aromatic heterocycles. The Bertz CT molecular complexity index is 918. The van der Waals surface area contributed by atoms with Crippen LogP contribution in [0.5, 0.6) is 0 Å². The molecule has 6 nitrogen and oxygen atoms in total. The number of rotatable bonds is 7. The molecule has 0 bridgehead atoms. The first kappa shape index (κ1) is 18.8. The number of fused-ring (bicyclic) bond motifs is 1. The third kappa shape index (κ3) is 5.03. The predicted molar refractivity (Wildman–Crippen MR) is 106 cm³/mol. The molecule has 0 aliphatic heterocycles. The third-order valence-electron chi connectivity index (χ3n) is 4.33. The van der Waals surface area contributed by atoms with E-state index in [-0.39, 0.29) is 5.82 Å². The highest BCUT2D eigenvalue weighted by Crippen LogP contribution is 2.10. The number of benzene rings is 1. The summed E-state index contributed by atoms with van der Waals surface area (Å²) >= 11 is 0. The van der Waals surface area contributed by atoms with Crippen LogP contribution in [0.3, 0.4) is 0 Å². The van der Waals surface area contributed by atoms with E-state index in [1.807, 2.05) is 48.7 Å². The second-order valence-electron chi connectivity index (χ2n) is 6.30. The first-order valence-electron chi connectivity index (χ1n) is 9.23. The van der Waals surface area contributed by atoms with Crippen LogP contribution in [0.15, 0.2) is 47.6 Å². The molecule has 3 rings (SSSR count). The van der Waals surface area contributed by atoms with Crippen LogP contribution >= 0.6 is 0 Å². The van der Waals surface area contributed by atoms with E-state index in [2.05, 4.69) is 25.8 Å². The molecule has 0 saturated carbocycles. The highest BCUT2D eigenvalue weighted by molar-refractivity contribution is 5.79. The minimum absolute atomic E-state index is 0.194. The van der Waals surface area contributed by atoms with E-state index in [0.29, 0.717) is 13.0 Å². The minimum atomic E-state index is -0.194. The molecule has 1 aromatic carbocycles. The lowest BCUT2D eigenvalue weighted by Crippen LogP contribution is -2.38. The molecule has 0 aliphatic rings. The molecular formula is C20H25FN6. The number of hydrogen-bond donors (Lipinski definition) is 2. The van der Waals surface area contributed by atoms with E-state index < -0.39 is 0 Å². The smallest absolute Gasteiger partial charge is 0.191 e. The van der Waals surface area contributed by atoms with Crippen LogP contribution in [-0.4, -0.2) is 40.2 Å². The summed E-state index contributed by atoms with van der Waals surface area (Å²) in [5, 5.41) is 15.0. The quantitative estimate of drug-likeness (QED) is 0.497. The number of hydrogen-bond acceptors (Lipinski definition) is 3. The molecule has 27 heavy (non-hydrogen) atoms. The Morgan fingerprint density at radius 2 is 2.04 bits per heavy atom. The van der Waals surface area contributed by atoms with Crippen LogP contribution in [-0.2, 0) is 12.8 Å². The number of guanidine groups is 1. The second kappa shape index (κ2) is 9.12. The number of aliphatic imine (C=N–C) groups is 1. The van der Waals surface area contributed by atoms with Gasteiger partial charge in [0.25, 0.3) is 0 Å². The SMILES string of the molecule is CCNC(=NCCc1nnc2ccccn12)NCCc1ccc(F)cc1C. The van der Waals surface area contributed by atoms with Crippen molar-refractivity contribution in [2.24, 2.45) is 4.99 Å². The van der Waals surface area contributed by atoms with Crippen molar-refractivity contribution >= 4 is 11.6 Å². The monoisotopic (exact) mass is 368 g/mol. The minimum Gasteiger partial charge on any atom is -0.357 e. The van der Waals surface area contributed by atoms with E-state index >= 15 is 0 Å². The van der Waals surface area contributed by atoms with Crippen molar-refractivity contribution in [1.82, 2.24) is 25.2 Å². The van der Waals surface area contributed by atoms with E-state index in [1.165, 1.54) is 6.07 Å². The summed E-state index contributed by atoms with van der Waals surface area (Å²) in [4.78, 5) is 4.62. The standard InChI is InChI=1S/C20H25FN6/c1-3-22-20(23-11-9-16-7-8-17(21)14-15(16)2)24-12-10-19-26-25-18-6-4-5-13-27(18)19/h4-8,13-14H,3,9-12H2,1-2H3,(H2,22,23,24). The van der Waals surface area contributed by atoms with Gasteiger partial charge in [-0.05, 0) is 55.7 Å². The van der Waals surface area contributed by atoms with Crippen LogP contribution in [0, 0.1) is 12.7 Å². The Labute approximate surface area is 158 Å². The lowest BCUT2D eigenvalue weighted by molar-refractivity contribution is 0.625. The summed E-state index contributed by atoms with van der Waals surface area (Å²) in [7, 11) is 0. The van der Waals surface area contributed by atoms with Gasteiger partial charge in [-0.3, -0.25) is 9.39 Å². The molecule has 2 N–H and O–H groups in total.